The van der Waals surface area contributed by atoms with Gasteiger partial charge < -0.3 is 33.8 Å². The second-order valence-electron chi connectivity index (χ2n) is 9.25. The number of carbonyl (C=O) groups is 1. The molecule has 1 aliphatic rings. The van der Waals surface area contributed by atoms with Crippen LogP contribution in [0.3, 0.4) is 0 Å². The van der Waals surface area contributed by atoms with E-state index < -0.39 is 23.9 Å². The van der Waals surface area contributed by atoms with Crippen LogP contribution in [0.5, 0.6) is 17.2 Å². The molecule has 39 heavy (non-hydrogen) atoms. The summed E-state index contributed by atoms with van der Waals surface area (Å²) in [6, 6.07) is 17.5. The van der Waals surface area contributed by atoms with E-state index in [0.717, 1.165) is 5.56 Å². The number of hydrogen-bond donors (Lipinski definition) is 2. The SMILES string of the molecule is COc1cccc(-c2cc(C(=O)Nc3cc4ccc(O[C@H]5C[C@H](O)CCO5)c(C)c4oc3=O)ccc2OC)c1. The van der Waals surface area contributed by atoms with Crippen molar-refractivity contribution in [3.8, 4) is 28.4 Å². The lowest BCUT2D eigenvalue weighted by molar-refractivity contribution is -0.137. The average molecular weight is 532 g/mol. The molecule has 0 unspecified atom stereocenters. The third-order valence-electron chi connectivity index (χ3n) is 6.67. The van der Waals surface area contributed by atoms with Gasteiger partial charge in [-0.15, -0.1) is 0 Å². The van der Waals surface area contributed by atoms with Gasteiger partial charge in [-0.25, -0.2) is 4.79 Å². The normalized spacial score (nSPS) is 17.0. The fourth-order valence-electron chi connectivity index (χ4n) is 4.55. The summed E-state index contributed by atoms with van der Waals surface area (Å²) in [7, 11) is 3.14. The zero-order valence-corrected chi connectivity index (χ0v) is 21.9. The van der Waals surface area contributed by atoms with Gasteiger partial charge in [0.05, 0.1) is 26.9 Å². The molecule has 1 amide bonds. The lowest BCUT2D eigenvalue weighted by atomic mass is 10.0. The number of anilines is 1. The third-order valence-corrected chi connectivity index (χ3v) is 6.67. The summed E-state index contributed by atoms with van der Waals surface area (Å²) < 4.78 is 27.9. The Kier molecular flexibility index (Phi) is 7.53. The van der Waals surface area contributed by atoms with Gasteiger partial charge in [0.25, 0.3) is 5.91 Å². The maximum absolute atomic E-state index is 13.2. The molecule has 2 N–H and O–H groups in total. The Morgan fingerprint density at radius 3 is 2.62 bits per heavy atom. The summed E-state index contributed by atoms with van der Waals surface area (Å²) >= 11 is 0. The maximum Gasteiger partial charge on any atom is 0.360 e. The van der Waals surface area contributed by atoms with Crippen molar-refractivity contribution in [1.82, 2.24) is 0 Å². The summed E-state index contributed by atoms with van der Waals surface area (Å²) in [6.45, 7) is 2.18. The van der Waals surface area contributed by atoms with E-state index in [1.807, 2.05) is 24.3 Å². The predicted octanol–water partition coefficient (Wildman–Crippen LogP) is 4.91. The first-order valence-electron chi connectivity index (χ1n) is 12.5. The Hall–Kier alpha value is -4.34. The maximum atomic E-state index is 13.2. The van der Waals surface area contributed by atoms with Crippen molar-refractivity contribution < 1.29 is 33.3 Å². The van der Waals surface area contributed by atoms with Gasteiger partial charge in [-0.3, -0.25) is 4.79 Å². The molecule has 1 saturated heterocycles. The Bertz CT molecular complexity index is 1580. The van der Waals surface area contributed by atoms with Crippen LogP contribution in [0, 0.1) is 6.92 Å². The molecule has 0 bridgehead atoms. The first-order valence-corrected chi connectivity index (χ1v) is 12.5. The Balaban J connectivity index is 1.40. The summed E-state index contributed by atoms with van der Waals surface area (Å²) in [6.07, 6.45) is -0.136. The fraction of sp³-hybridized carbons (Fsp3) is 0.267. The number of aliphatic hydroxyl groups excluding tert-OH is 1. The zero-order chi connectivity index (χ0) is 27.5. The lowest BCUT2D eigenvalue weighted by Gasteiger charge is -2.27. The minimum absolute atomic E-state index is 0.0121. The average Bonchev–Trinajstić information content (AvgIpc) is 2.95. The molecule has 2 heterocycles. The summed E-state index contributed by atoms with van der Waals surface area (Å²) in [4.78, 5) is 26.0. The molecule has 1 fully saturated rings. The topological polar surface area (TPSA) is 116 Å². The Labute approximate surface area is 224 Å². The van der Waals surface area contributed by atoms with Crippen LogP contribution < -0.4 is 25.2 Å². The number of aliphatic hydroxyl groups is 1. The number of rotatable bonds is 7. The largest absolute Gasteiger partial charge is 0.497 e. The molecule has 3 aromatic carbocycles. The number of fused-ring (bicyclic) bond motifs is 1. The molecule has 9 nitrogen and oxygen atoms in total. The van der Waals surface area contributed by atoms with Gasteiger partial charge in [-0.2, -0.15) is 0 Å². The molecule has 9 heteroatoms. The number of amides is 1. The minimum Gasteiger partial charge on any atom is -0.497 e. The van der Waals surface area contributed by atoms with Crippen molar-refractivity contribution in [3.63, 3.8) is 0 Å². The summed E-state index contributed by atoms with van der Waals surface area (Å²) in [5.74, 6) is 1.28. The van der Waals surface area contributed by atoms with E-state index in [-0.39, 0.29) is 5.69 Å². The molecule has 1 aliphatic heterocycles. The number of hydrogen-bond acceptors (Lipinski definition) is 8. The van der Waals surface area contributed by atoms with Crippen molar-refractivity contribution in [2.45, 2.75) is 32.2 Å². The second-order valence-corrected chi connectivity index (χ2v) is 9.25. The van der Waals surface area contributed by atoms with Crippen LogP contribution in [0.1, 0.15) is 28.8 Å². The van der Waals surface area contributed by atoms with Crippen LogP contribution in [0.2, 0.25) is 0 Å². The van der Waals surface area contributed by atoms with Crippen LogP contribution in [-0.2, 0) is 4.74 Å². The van der Waals surface area contributed by atoms with E-state index in [0.29, 0.717) is 64.4 Å². The first kappa shape index (κ1) is 26.3. The number of carbonyl (C=O) groups excluding carboxylic acids is 1. The number of ether oxygens (including phenoxy) is 4. The van der Waals surface area contributed by atoms with Gasteiger partial charge in [0, 0.05) is 28.5 Å². The Morgan fingerprint density at radius 1 is 1.03 bits per heavy atom. The van der Waals surface area contributed by atoms with E-state index in [1.54, 1.807) is 57.5 Å². The molecule has 0 aliphatic carbocycles. The highest BCUT2D eigenvalue weighted by Gasteiger charge is 2.23. The second kappa shape index (κ2) is 11.2. The van der Waals surface area contributed by atoms with Crippen molar-refractivity contribution in [2.75, 3.05) is 26.1 Å². The van der Waals surface area contributed by atoms with Gasteiger partial charge in [-0.1, -0.05) is 12.1 Å². The van der Waals surface area contributed by atoms with E-state index in [9.17, 15) is 14.7 Å². The van der Waals surface area contributed by atoms with Crippen LogP contribution >= 0.6 is 0 Å². The van der Waals surface area contributed by atoms with E-state index in [4.69, 9.17) is 23.4 Å². The highest BCUT2D eigenvalue weighted by atomic mass is 16.7. The van der Waals surface area contributed by atoms with Crippen LogP contribution in [-0.4, -0.2) is 44.2 Å². The van der Waals surface area contributed by atoms with Gasteiger partial charge >= 0.3 is 5.63 Å². The zero-order valence-electron chi connectivity index (χ0n) is 21.9. The third kappa shape index (κ3) is 5.59. The van der Waals surface area contributed by atoms with Gasteiger partial charge in [-0.05, 0) is 67.4 Å². The van der Waals surface area contributed by atoms with Crippen molar-refractivity contribution in [3.05, 3.63) is 82.2 Å². The smallest absolute Gasteiger partial charge is 0.360 e. The minimum atomic E-state index is -0.693. The van der Waals surface area contributed by atoms with Gasteiger partial charge in [0.2, 0.25) is 6.29 Å². The molecular weight excluding hydrogens is 502 g/mol. The molecule has 0 spiro atoms. The lowest BCUT2D eigenvalue weighted by Crippen LogP contribution is -2.33. The molecular formula is C30H29NO8. The highest BCUT2D eigenvalue weighted by molar-refractivity contribution is 6.05. The molecule has 0 radical (unpaired) electrons. The van der Waals surface area contributed by atoms with Crippen LogP contribution in [0.15, 0.2) is 69.9 Å². The molecule has 4 aromatic rings. The molecule has 202 valence electrons. The van der Waals surface area contributed by atoms with Crippen molar-refractivity contribution >= 4 is 22.6 Å². The highest BCUT2D eigenvalue weighted by Crippen LogP contribution is 2.34. The van der Waals surface area contributed by atoms with Crippen LogP contribution in [0.4, 0.5) is 5.69 Å². The van der Waals surface area contributed by atoms with E-state index >= 15 is 0 Å². The summed E-state index contributed by atoms with van der Waals surface area (Å²) in [5.41, 5.74) is 2.13. The number of methoxy groups -OCH3 is 2. The number of aryl methyl sites for hydroxylation is 1. The van der Waals surface area contributed by atoms with Crippen molar-refractivity contribution in [2.24, 2.45) is 0 Å². The fourth-order valence-corrected chi connectivity index (χ4v) is 4.55. The molecule has 0 saturated carbocycles. The van der Waals surface area contributed by atoms with Crippen molar-refractivity contribution in [1.29, 1.82) is 0 Å². The molecule has 2 atom stereocenters. The van der Waals surface area contributed by atoms with Crippen LogP contribution in [0.25, 0.3) is 22.1 Å². The first-order chi connectivity index (χ1) is 18.9. The quantitative estimate of drug-likeness (QED) is 0.323. The predicted molar refractivity (Wildman–Crippen MR) is 146 cm³/mol. The standard InChI is InChI=1S/C30H29NO8/c1-17-25(38-27-16-21(32)11-12-37-27)9-7-19-15-24(30(34)39-28(17)19)31-29(33)20-8-10-26(36-3)23(14-20)18-5-4-6-22(13-18)35-2/h4-10,13-15,21,27,32H,11-12,16H2,1-3H3,(H,31,33)/t21-,27+/m1/s1. The van der Waals surface area contributed by atoms with Gasteiger partial charge in [0.15, 0.2) is 0 Å². The molecule has 5 rings (SSSR count). The monoisotopic (exact) mass is 531 g/mol. The van der Waals surface area contributed by atoms with Gasteiger partial charge in [0.1, 0.15) is 28.5 Å². The summed E-state index contributed by atoms with van der Waals surface area (Å²) in [5, 5.41) is 13.2. The molecule has 1 aromatic heterocycles. The van der Waals surface area contributed by atoms with E-state index in [1.165, 1.54) is 0 Å². The number of nitrogens with one attached hydrogen (secondary N) is 1. The number of benzene rings is 3. The van der Waals surface area contributed by atoms with E-state index in [2.05, 4.69) is 5.32 Å². The Morgan fingerprint density at radius 2 is 1.85 bits per heavy atom.